The molecule has 4 nitrogen and oxygen atoms in total. The zero-order valence-corrected chi connectivity index (χ0v) is 10.2. The van der Waals surface area contributed by atoms with Crippen LogP contribution < -0.4 is 4.74 Å². The molecule has 1 rings (SSSR count). The molecular weight excluding hydrogens is 264 g/mol. The number of methoxy groups -OCH3 is 2. The van der Waals surface area contributed by atoms with E-state index in [1.165, 1.54) is 20.3 Å². The highest BCUT2D eigenvalue weighted by molar-refractivity contribution is 9.10. The summed E-state index contributed by atoms with van der Waals surface area (Å²) in [6.45, 7) is 1.68. The van der Waals surface area contributed by atoms with Crippen LogP contribution in [0.4, 0.5) is 0 Å². The van der Waals surface area contributed by atoms with Gasteiger partial charge in [-0.3, -0.25) is 0 Å². The summed E-state index contributed by atoms with van der Waals surface area (Å²) in [5, 5.41) is 9.63. The number of carbonyl (C=O) groups is 1. The molecule has 0 bridgehead atoms. The molecule has 0 aliphatic rings. The Hall–Kier alpha value is -1.23. The lowest BCUT2D eigenvalue weighted by Gasteiger charge is -2.12. The molecule has 1 N–H and O–H groups in total. The molecule has 0 aliphatic carbocycles. The molecule has 0 heterocycles. The van der Waals surface area contributed by atoms with Gasteiger partial charge in [-0.05, 0) is 28.9 Å². The fourth-order valence-corrected chi connectivity index (χ4v) is 1.69. The predicted molar refractivity (Wildman–Crippen MR) is 58.4 cm³/mol. The van der Waals surface area contributed by atoms with Gasteiger partial charge in [-0.2, -0.15) is 0 Å². The van der Waals surface area contributed by atoms with Crippen LogP contribution in [0.1, 0.15) is 15.9 Å². The Morgan fingerprint density at radius 2 is 2.07 bits per heavy atom. The van der Waals surface area contributed by atoms with Gasteiger partial charge in [-0.25, -0.2) is 4.79 Å². The number of hydrogen-bond donors (Lipinski definition) is 1. The molecule has 0 saturated heterocycles. The standard InChI is InChI=1S/C10H11BrO4/c1-5-6(10(13)15-3)4-7(11)8(12)9(5)14-2/h4,12H,1-3H3. The van der Waals surface area contributed by atoms with Gasteiger partial charge in [-0.15, -0.1) is 0 Å². The van der Waals surface area contributed by atoms with Crippen molar-refractivity contribution in [3.8, 4) is 11.5 Å². The summed E-state index contributed by atoms with van der Waals surface area (Å²) < 4.78 is 10.0. The van der Waals surface area contributed by atoms with E-state index in [2.05, 4.69) is 20.7 Å². The maximum Gasteiger partial charge on any atom is 0.338 e. The van der Waals surface area contributed by atoms with Gasteiger partial charge < -0.3 is 14.6 Å². The lowest BCUT2D eigenvalue weighted by molar-refractivity contribution is 0.0599. The molecule has 0 fully saturated rings. The van der Waals surface area contributed by atoms with E-state index in [-0.39, 0.29) is 11.5 Å². The molecule has 82 valence electrons. The number of ether oxygens (including phenoxy) is 2. The summed E-state index contributed by atoms with van der Waals surface area (Å²) in [7, 11) is 2.73. The Morgan fingerprint density at radius 1 is 1.47 bits per heavy atom. The van der Waals surface area contributed by atoms with Crippen molar-refractivity contribution in [3.05, 3.63) is 21.7 Å². The largest absolute Gasteiger partial charge is 0.503 e. The molecule has 1 aromatic carbocycles. The summed E-state index contributed by atoms with van der Waals surface area (Å²) in [5.41, 5.74) is 0.907. The smallest absolute Gasteiger partial charge is 0.338 e. The highest BCUT2D eigenvalue weighted by atomic mass is 79.9. The van der Waals surface area contributed by atoms with Crippen molar-refractivity contribution in [2.75, 3.05) is 14.2 Å². The number of halogens is 1. The summed E-state index contributed by atoms with van der Waals surface area (Å²) in [4.78, 5) is 11.4. The van der Waals surface area contributed by atoms with Crippen LogP contribution in [-0.4, -0.2) is 25.3 Å². The molecule has 0 saturated carbocycles. The second-order valence-electron chi connectivity index (χ2n) is 2.90. The van der Waals surface area contributed by atoms with E-state index in [1.807, 2.05) is 0 Å². The van der Waals surface area contributed by atoms with Crippen LogP contribution in [-0.2, 0) is 4.74 Å². The number of aromatic hydroxyl groups is 1. The topological polar surface area (TPSA) is 55.8 Å². The monoisotopic (exact) mass is 274 g/mol. The third-order valence-corrected chi connectivity index (χ3v) is 2.67. The number of hydrogen-bond acceptors (Lipinski definition) is 4. The van der Waals surface area contributed by atoms with Crippen molar-refractivity contribution in [2.24, 2.45) is 0 Å². The van der Waals surface area contributed by atoms with Crippen LogP contribution in [0.2, 0.25) is 0 Å². The minimum atomic E-state index is -0.466. The first-order valence-corrected chi connectivity index (χ1v) is 4.96. The molecule has 1 aromatic rings. The third kappa shape index (κ3) is 2.07. The van der Waals surface area contributed by atoms with Gasteiger partial charge in [0.05, 0.1) is 24.3 Å². The average Bonchev–Trinajstić information content (AvgIpc) is 2.23. The molecule has 0 amide bonds. The summed E-state index contributed by atoms with van der Waals surface area (Å²) >= 11 is 3.13. The SMILES string of the molecule is COC(=O)c1cc(Br)c(O)c(OC)c1C. The molecule has 0 unspecified atom stereocenters. The van der Waals surface area contributed by atoms with Crippen LogP contribution in [0, 0.1) is 6.92 Å². The van der Waals surface area contributed by atoms with E-state index in [4.69, 9.17) is 4.74 Å². The molecule has 0 radical (unpaired) electrons. The molecule has 15 heavy (non-hydrogen) atoms. The lowest BCUT2D eigenvalue weighted by atomic mass is 10.1. The maximum atomic E-state index is 11.4. The highest BCUT2D eigenvalue weighted by Crippen LogP contribution is 2.38. The number of phenolic OH excluding ortho intramolecular Hbond substituents is 1. The van der Waals surface area contributed by atoms with Crippen LogP contribution in [0.3, 0.4) is 0 Å². The summed E-state index contributed by atoms with van der Waals surface area (Å²) in [6, 6.07) is 1.50. The Kier molecular flexibility index (Phi) is 3.57. The third-order valence-electron chi connectivity index (χ3n) is 2.07. The van der Waals surface area contributed by atoms with E-state index >= 15 is 0 Å². The number of carbonyl (C=O) groups excluding carboxylic acids is 1. The van der Waals surface area contributed by atoms with Crippen LogP contribution >= 0.6 is 15.9 Å². The number of esters is 1. The Balaban J connectivity index is 3.43. The van der Waals surface area contributed by atoms with E-state index in [0.29, 0.717) is 15.6 Å². The average molecular weight is 275 g/mol. The minimum Gasteiger partial charge on any atom is -0.503 e. The fourth-order valence-electron chi connectivity index (χ4n) is 1.28. The minimum absolute atomic E-state index is 0.0253. The van der Waals surface area contributed by atoms with Gasteiger partial charge in [0.1, 0.15) is 0 Å². The van der Waals surface area contributed by atoms with Gasteiger partial charge >= 0.3 is 5.97 Å². The summed E-state index contributed by atoms with van der Waals surface area (Å²) in [6.07, 6.45) is 0. The summed E-state index contributed by atoms with van der Waals surface area (Å²) in [5.74, 6) is -0.223. The van der Waals surface area contributed by atoms with Gasteiger partial charge in [0.2, 0.25) is 0 Å². The van der Waals surface area contributed by atoms with Gasteiger partial charge in [0.15, 0.2) is 11.5 Å². The van der Waals surface area contributed by atoms with Crippen LogP contribution in [0.15, 0.2) is 10.5 Å². The van der Waals surface area contributed by atoms with E-state index < -0.39 is 5.97 Å². The van der Waals surface area contributed by atoms with Crippen LogP contribution in [0.25, 0.3) is 0 Å². The van der Waals surface area contributed by atoms with Crippen molar-refractivity contribution in [2.45, 2.75) is 6.92 Å². The molecule has 0 aromatic heterocycles. The second-order valence-corrected chi connectivity index (χ2v) is 3.76. The van der Waals surface area contributed by atoms with Crippen LogP contribution in [0.5, 0.6) is 11.5 Å². The quantitative estimate of drug-likeness (QED) is 0.841. The van der Waals surface area contributed by atoms with Crippen molar-refractivity contribution in [1.82, 2.24) is 0 Å². The lowest BCUT2D eigenvalue weighted by Crippen LogP contribution is -2.05. The van der Waals surface area contributed by atoms with Gasteiger partial charge in [0, 0.05) is 5.56 Å². The first-order chi connectivity index (χ1) is 7.02. The Labute approximate surface area is 95.9 Å². The van der Waals surface area contributed by atoms with E-state index in [0.717, 1.165) is 0 Å². The molecular formula is C10H11BrO4. The number of rotatable bonds is 2. The first kappa shape index (κ1) is 11.8. The molecule has 5 heteroatoms. The van der Waals surface area contributed by atoms with Gasteiger partial charge in [0.25, 0.3) is 0 Å². The van der Waals surface area contributed by atoms with E-state index in [9.17, 15) is 9.90 Å². The maximum absolute atomic E-state index is 11.4. The second kappa shape index (κ2) is 4.53. The highest BCUT2D eigenvalue weighted by Gasteiger charge is 2.18. The van der Waals surface area contributed by atoms with Crippen molar-refractivity contribution >= 4 is 21.9 Å². The predicted octanol–water partition coefficient (Wildman–Crippen LogP) is 2.26. The Morgan fingerprint density at radius 3 is 2.53 bits per heavy atom. The normalized spacial score (nSPS) is 9.87. The molecule has 0 aliphatic heterocycles. The zero-order valence-electron chi connectivity index (χ0n) is 8.63. The van der Waals surface area contributed by atoms with E-state index in [1.54, 1.807) is 6.92 Å². The van der Waals surface area contributed by atoms with Gasteiger partial charge in [-0.1, -0.05) is 0 Å². The Bertz CT molecular complexity index is 401. The fraction of sp³-hybridized carbons (Fsp3) is 0.300. The molecule has 0 spiro atoms. The van der Waals surface area contributed by atoms with Crippen molar-refractivity contribution in [3.63, 3.8) is 0 Å². The zero-order chi connectivity index (χ0) is 11.6. The van der Waals surface area contributed by atoms with Crippen molar-refractivity contribution in [1.29, 1.82) is 0 Å². The van der Waals surface area contributed by atoms with Crippen molar-refractivity contribution < 1.29 is 19.4 Å². The number of benzene rings is 1. The molecule has 0 atom stereocenters. The number of phenols is 1. The first-order valence-electron chi connectivity index (χ1n) is 4.17.